The van der Waals surface area contributed by atoms with Gasteiger partial charge in [0.25, 0.3) is 0 Å². The fourth-order valence-corrected chi connectivity index (χ4v) is 3.12. The normalized spacial score (nSPS) is 10.8. The maximum atomic E-state index is 6.29. The SMILES string of the molecule is Clc1cc(-c2ccc(-c3cccnc3)cc2)c2ccccc2c1. The first-order chi connectivity index (χ1) is 11.3. The molecule has 0 radical (unpaired) electrons. The summed E-state index contributed by atoms with van der Waals surface area (Å²) in [5.74, 6) is 0. The van der Waals surface area contributed by atoms with Crippen LogP contribution in [0.2, 0.25) is 5.02 Å². The summed E-state index contributed by atoms with van der Waals surface area (Å²) in [6, 6.07) is 24.9. The Hall–Kier alpha value is -2.64. The van der Waals surface area contributed by atoms with E-state index in [0.29, 0.717) is 0 Å². The molecule has 0 amide bonds. The van der Waals surface area contributed by atoms with Crippen molar-refractivity contribution in [2.45, 2.75) is 0 Å². The lowest BCUT2D eigenvalue weighted by atomic mass is 9.96. The van der Waals surface area contributed by atoms with Gasteiger partial charge in [-0.05, 0) is 51.2 Å². The summed E-state index contributed by atoms with van der Waals surface area (Å²) in [5, 5.41) is 3.13. The molecule has 2 heteroatoms. The molecule has 0 aliphatic carbocycles. The summed E-state index contributed by atoms with van der Waals surface area (Å²) in [4.78, 5) is 4.18. The van der Waals surface area contributed by atoms with Gasteiger partial charge in [-0.3, -0.25) is 4.98 Å². The molecule has 23 heavy (non-hydrogen) atoms. The maximum absolute atomic E-state index is 6.29. The zero-order chi connectivity index (χ0) is 15.6. The summed E-state index contributed by atoms with van der Waals surface area (Å²) in [5.41, 5.74) is 4.60. The van der Waals surface area contributed by atoms with Gasteiger partial charge in [0.05, 0.1) is 0 Å². The molecule has 1 aromatic heterocycles. The van der Waals surface area contributed by atoms with Crippen LogP contribution in [0.5, 0.6) is 0 Å². The van der Waals surface area contributed by atoms with Crippen molar-refractivity contribution in [2.75, 3.05) is 0 Å². The number of hydrogen-bond acceptors (Lipinski definition) is 1. The summed E-state index contributed by atoms with van der Waals surface area (Å²) < 4.78 is 0. The number of pyridine rings is 1. The van der Waals surface area contributed by atoms with E-state index in [1.165, 1.54) is 5.39 Å². The summed E-state index contributed by atoms with van der Waals surface area (Å²) >= 11 is 6.29. The number of nitrogens with zero attached hydrogens (tertiary/aromatic N) is 1. The minimum Gasteiger partial charge on any atom is -0.264 e. The van der Waals surface area contributed by atoms with E-state index < -0.39 is 0 Å². The molecule has 1 heterocycles. The Kier molecular flexibility index (Phi) is 3.57. The van der Waals surface area contributed by atoms with Crippen LogP contribution in [-0.4, -0.2) is 4.98 Å². The molecule has 4 rings (SSSR count). The largest absolute Gasteiger partial charge is 0.264 e. The second-order valence-electron chi connectivity index (χ2n) is 5.49. The first-order valence-electron chi connectivity index (χ1n) is 7.50. The van der Waals surface area contributed by atoms with Gasteiger partial charge in [-0.2, -0.15) is 0 Å². The Morgan fingerprint density at radius 1 is 0.696 bits per heavy atom. The van der Waals surface area contributed by atoms with Crippen LogP contribution >= 0.6 is 11.6 Å². The van der Waals surface area contributed by atoms with Gasteiger partial charge < -0.3 is 0 Å². The van der Waals surface area contributed by atoms with Crippen molar-refractivity contribution in [1.29, 1.82) is 0 Å². The second-order valence-corrected chi connectivity index (χ2v) is 5.93. The number of halogens is 1. The summed E-state index contributed by atoms with van der Waals surface area (Å²) in [7, 11) is 0. The summed E-state index contributed by atoms with van der Waals surface area (Å²) in [6.45, 7) is 0. The molecule has 0 saturated carbocycles. The molecule has 1 nitrogen and oxygen atoms in total. The Bertz CT molecular complexity index is 960. The van der Waals surface area contributed by atoms with E-state index in [9.17, 15) is 0 Å². The van der Waals surface area contributed by atoms with Gasteiger partial charge in [0.15, 0.2) is 0 Å². The van der Waals surface area contributed by atoms with Crippen molar-refractivity contribution < 1.29 is 0 Å². The van der Waals surface area contributed by atoms with Gasteiger partial charge in [-0.1, -0.05) is 66.2 Å². The van der Waals surface area contributed by atoms with Gasteiger partial charge in [-0.15, -0.1) is 0 Å². The molecule has 0 unspecified atom stereocenters. The predicted octanol–water partition coefficient (Wildman–Crippen LogP) is 6.22. The van der Waals surface area contributed by atoms with E-state index >= 15 is 0 Å². The Balaban J connectivity index is 1.83. The number of rotatable bonds is 2. The third-order valence-corrected chi connectivity index (χ3v) is 4.24. The lowest BCUT2D eigenvalue weighted by molar-refractivity contribution is 1.33. The smallest absolute Gasteiger partial charge is 0.0418 e. The average Bonchev–Trinajstić information content (AvgIpc) is 2.62. The van der Waals surface area contributed by atoms with Crippen molar-refractivity contribution in [3.63, 3.8) is 0 Å². The number of fused-ring (bicyclic) bond motifs is 1. The third-order valence-electron chi connectivity index (χ3n) is 4.02. The van der Waals surface area contributed by atoms with Gasteiger partial charge >= 0.3 is 0 Å². The molecule has 0 aliphatic heterocycles. The van der Waals surface area contributed by atoms with E-state index in [4.69, 9.17) is 11.6 Å². The highest BCUT2D eigenvalue weighted by molar-refractivity contribution is 6.32. The molecule has 0 spiro atoms. The maximum Gasteiger partial charge on any atom is 0.0418 e. The molecule has 110 valence electrons. The van der Waals surface area contributed by atoms with E-state index in [0.717, 1.165) is 32.7 Å². The van der Waals surface area contributed by atoms with Crippen molar-refractivity contribution in [1.82, 2.24) is 4.98 Å². The van der Waals surface area contributed by atoms with Crippen molar-refractivity contribution in [2.24, 2.45) is 0 Å². The standard InChI is InChI=1S/C21H14ClN/c22-19-12-17-4-1-2-6-20(17)21(13-19)16-9-7-15(8-10-16)18-5-3-11-23-14-18/h1-14H. The number of benzene rings is 3. The lowest BCUT2D eigenvalue weighted by Gasteiger charge is -2.09. The number of hydrogen-bond donors (Lipinski definition) is 0. The second kappa shape index (κ2) is 5.86. The summed E-state index contributed by atoms with van der Waals surface area (Å²) in [6.07, 6.45) is 3.67. The van der Waals surface area contributed by atoms with E-state index in [2.05, 4.69) is 53.5 Å². The van der Waals surface area contributed by atoms with Crippen LogP contribution < -0.4 is 0 Å². The molecular formula is C21H14ClN. The molecule has 0 aliphatic rings. The Labute approximate surface area is 140 Å². The van der Waals surface area contributed by atoms with Crippen LogP contribution in [0.15, 0.2) is 85.2 Å². The predicted molar refractivity (Wildman–Crippen MR) is 97.6 cm³/mol. The molecule has 0 saturated heterocycles. The minimum absolute atomic E-state index is 0.759. The highest BCUT2D eigenvalue weighted by Crippen LogP contribution is 2.33. The van der Waals surface area contributed by atoms with E-state index in [1.807, 2.05) is 30.5 Å². The third kappa shape index (κ3) is 2.71. The minimum atomic E-state index is 0.759. The van der Waals surface area contributed by atoms with Gasteiger partial charge in [0.2, 0.25) is 0 Å². The van der Waals surface area contributed by atoms with Crippen LogP contribution in [0.3, 0.4) is 0 Å². The molecule has 0 atom stereocenters. The van der Waals surface area contributed by atoms with Crippen molar-refractivity contribution in [3.8, 4) is 22.3 Å². The van der Waals surface area contributed by atoms with Crippen LogP contribution in [-0.2, 0) is 0 Å². The first-order valence-corrected chi connectivity index (χ1v) is 7.88. The quantitative estimate of drug-likeness (QED) is 0.428. The van der Waals surface area contributed by atoms with E-state index in [1.54, 1.807) is 6.20 Å². The molecule has 0 N–H and O–H groups in total. The molecule has 4 aromatic rings. The Morgan fingerprint density at radius 3 is 2.26 bits per heavy atom. The van der Waals surface area contributed by atoms with Crippen molar-refractivity contribution in [3.05, 3.63) is 90.2 Å². The molecule has 0 bridgehead atoms. The zero-order valence-electron chi connectivity index (χ0n) is 12.4. The fourth-order valence-electron chi connectivity index (χ4n) is 2.89. The van der Waals surface area contributed by atoms with Crippen molar-refractivity contribution >= 4 is 22.4 Å². The monoisotopic (exact) mass is 315 g/mol. The van der Waals surface area contributed by atoms with Gasteiger partial charge in [0.1, 0.15) is 0 Å². The molecule has 3 aromatic carbocycles. The number of aromatic nitrogens is 1. The first kappa shape index (κ1) is 14.0. The fraction of sp³-hybridized carbons (Fsp3) is 0. The van der Waals surface area contributed by atoms with Crippen LogP contribution in [0.4, 0.5) is 0 Å². The van der Waals surface area contributed by atoms with Gasteiger partial charge in [0, 0.05) is 17.4 Å². The average molecular weight is 316 g/mol. The van der Waals surface area contributed by atoms with Crippen LogP contribution in [0, 0.1) is 0 Å². The van der Waals surface area contributed by atoms with Gasteiger partial charge in [-0.25, -0.2) is 0 Å². The Morgan fingerprint density at radius 2 is 1.48 bits per heavy atom. The van der Waals surface area contributed by atoms with E-state index in [-0.39, 0.29) is 0 Å². The van der Waals surface area contributed by atoms with Crippen LogP contribution in [0.1, 0.15) is 0 Å². The zero-order valence-corrected chi connectivity index (χ0v) is 13.2. The molecule has 0 fully saturated rings. The van der Waals surface area contributed by atoms with Crippen LogP contribution in [0.25, 0.3) is 33.0 Å². The topological polar surface area (TPSA) is 12.9 Å². The highest BCUT2D eigenvalue weighted by atomic mass is 35.5. The highest BCUT2D eigenvalue weighted by Gasteiger charge is 2.06. The molecular weight excluding hydrogens is 302 g/mol. The lowest BCUT2D eigenvalue weighted by Crippen LogP contribution is -1.84.